The number of fused-ring (bicyclic) bond motifs is 1. The monoisotopic (exact) mass is 454 g/mol. The highest BCUT2D eigenvalue weighted by Gasteiger charge is 2.19. The highest BCUT2D eigenvalue weighted by Crippen LogP contribution is 2.25. The van der Waals surface area contributed by atoms with E-state index in [0.29, 0.717) is 16.5 Å². The van der Waals surface area contributed by atoms with Gasteiger partial charge in [0.25, 0.3) is 5.91 Å². The number of aryl methyl sites for hydroxylation is 1. The van der Waals surface area contributed by atoms with Gasteiger partial charge in [-0.1, -0.05) is 37.6 Å². The molecule has 0 unspecified atom stereocenters. The maximum Gasteiger partial charge on any atom is 0.262 e. The highest BCUT2D eigenvalue weighted by atomic mass is 35.5. The molecule has 0 saturated carbocycles. The Morgan fingerprint density at radius 2 is 2.00 bits per heavy atom. The van der Waals surface area contributed by atoms with Crippen LogP contribution in [0.4, 0.5) is 5.69 Å². The lowest BCUT2D eigenvalue weighted by atomic mass is 9.99. The molecule has 2 aromatic carbocycles. The van der Waals surface area contributed by atoms with E-state index in [2.05, 4.69) is 28.6 Å². The molecule has 1 aromatic heterocycles. The van der Waals surface area contributed by atoms with Crippen LogP contribution in [0.3, 0.4) is 0 Å². The van der Waals surface area contributed by atoms with Crippen molar-refractivity contribution in [3.05, 3.63) is 53.3 Å². The molecule has 1 aliphatic heterocycles. The second kappa shape index (κ2) is 10.4. The van der Waals surface area contributed by atoms with Gasteiger partial charge in [-0.3, -0.25) is 9.69 Å². The van der Waals surface area contributed by atoms with Gasteiger partial charge in [0.1, 0.15) is 11.6 Å². The normalized spacial score (nSPS) is 15.2. The third-order valence-corrected chi connectivity index (χ3v) is 6.31. The van der Waals surface area contributed by atoms with Crippen LogP contribution in [0.15, 0.2) is 42.5 Å². The van der Waals surface area contributed by atoms with Crippen molar-refractivity contribution in [2.75, 3.05) is 25.0 Å². The van der Waals surface area contributed by atoms with Crippen LogP contribution in [0.1, 0.15) is 38.9 Å². The molecule has 1 saturated heterocycles. The van der Waals surface area contributed by atoms with Crippen LogP contribution >= 0.6 is 11.6 Å². The number of likely N-dealkylation sites (tertiary alicyclic amines) is 1. The smallest absolute Gasteiger partial charge is 0.262 e. The van der Waals surface area contributed by atoms with E-state index >= 15 is 0 Å². The third kappa shape index (κ3) is 5.43. The fraction of sp³-hybridized carbons (Fsp3) is 0.440. The molecule has 0 bridgehead atoms. The number of carbonyl (C=O) groups excluding carboxylic acids is 1. The van der Waals surface area contributed by atoms with Gasteiger partial charge in [0.05, 0.1) is 22.6 Å². The zero-order valence-corrected chi connectivity index (χ0v) is 19.6. The Kier molecular flexibility index (Phi) is 7.33. The number of nitrogens with zero attached hydrogens (tertiary/aromatic N) is 3. The number of hydrogen-bond donors (Lipinski definition) is 1. The number of aromatic nitrogens is 2. The summed E-state index contributed by atoms with van der Waals surface area (Å²) < 4.78 is 7.86. The van der Waals surface area contributed by atoms with Gasteiger partial charge in [-0.15, -0.1) is 0 Å². The molecule has 6 nitrogen and oxygen atoms in total. The number of anilines is 1. The van der Waals surface area contributed by atoms with Gasteiger partial charge in [0, 0.05) is 12.2 Å². The Bertz CT molecular complexity index is 1070. The molecule has 32 heavy (non-hydrogen) atoms. The Morgan fingerprint density at radius 3 is 2.75 bits per heavy atom. The molecule has 1 aliphatic rings. The summed E-state index contributed by atoms with van der Waals surface area (Å²) in [5.41, 5.74) is 2.73. The fourth-order valence-corrected chi connectivity index (χ4v) is 4.36. The minimum atomic E-state index is -0.236. The first kappa shape index (κ1) is 22.6. The largest absolute Gasteiger partial charge is 0.482 e. The zero-order chi connectivity index (χ0) is 22.5. The molecule has 7 heteroatoms. The van der Waals surface area contributed by atoms with Crippen molar-refractivity contribution in [3.63, 3.8) is 0 Å². The first-order chi connectivity index (χ1) is 15.5. The first-order valence-corrected chi connectivity index (χ1v) is 11.8. The number of hydrogen-bond acceptors (Lipinski definition) is 4. The van der Waals surface area contributed by atoms with Crippen LogP contribution in [0.25, 0.3) is 11.0 Å². The van der Waals surface area contributed by atoms with Gasteiger partial charge >= 0.3 is 0 Å². The number of rotatable bonds is 8. The van der Waals surface area contributed by atoms with Crippen LogP contribution in [0.5, 0.6) is 5.75 Å². The Hall–Kier alpha value is -2.57. The van der Waals surface area contributed by atoms with Crippen molar-refractivity contribution >= 4 is 34.2 Å². The van der Waals surface area contributed by atoms with E-state index in [9.17, 15) is 4.79 Å². The van der Waals surface area contributed by atoms with E-state index in [1.165, 1.54) is 12.8 Å². The van der Waals surface area contributed by atoms with E-state index in [1.54, 1.807) is 12.1 Å². The molecule has 4 rings (SSSR count). The molecular weight excluding hydrogens is 424 g/mol. The van der Waals surface area contributed by atoms with Gasteiger partial charge in [-0.2, -0.15) is 0 Å². The second-order valence-corrected chi connectivity index (χ2v) is 9.02. The summed E-state index contributed by atoms with van der Waals surface area (Å²) >= 11 is 6.08. The van der Waals surface area contributed by atoms with Crippen LogP contribution in [-0.2, 0) is 17.9 Å². The molecule has 0 atom stereocenters. The Labute approximate surface area is 194 Å². The molecule has 1 N–H and O–H groups in total. The van der Waals surface area contributed by atoms with Gasteiger partial charge in [0.2, 0.25) is 0 Å². The number of benzene rings is 2. The predicted molar refractivity (Wildman–Crippen MR) is 129 cm³/mol. The quantitative estimate of drug-likeness (QED) is 0.498. The first-order valence-electron chi connectivity index (χ1n) is 11.4. The van der Waals surface area contributed by atoms with Crippen LogP contribution < -0.4 is 10.1 Å². The van der Waals surface area contributed by atoms with E-state index < -0.39 is 0 Å². The van der Waals surface area contributed by atoms with Crippen molar-refractivity contribution in [3.8, 4) is 5.75 Å². The summed E-state index contributed by atoms with van der Waals surface area (Å²) in [6, 6.07) is 13.0. The highest BCUT2D eigenvalue weighted by molar-refractivity contribution is 6.32. The summed E-state index contributed by atoms with van der Waals surface area (Å²) in [7, 11) is 0. The standard InChI is InChI=1S/C25H31ClN4O2/c1-3-12-30-22-9-8-19(27-25(31)17-32-23-7-5-4-6-20(23)26)15-21(22)28-24(30)16-29-13-10-18(2)11-14-29/h4-9,15,18H,3,10-14,16-17H2,1-2H3,(H,27,31). The van der Waals surface area contributed by atoms with Crippen molar-refractivity contribution < 1.29 is 9.53 Å². The number of piperidine rings is 1. The number of ether oxygens (including phenoxy) is 1. The van der Waals surface area contributed by atoms with Crippen LogP contribution in [0, 0.1) is 5.92 Å². The third-order valence-electron chi connectivity index (χ3n) is 5.99. The lowest BCUT2D eigenvalue weighted by Crippen LogP contribution is -2.33. The number of carbonyl (C=O) groups is 1. The zero-order valence-electron chi connectivity index (χ0n) is 18.8. The molecule has 2 heterocycles. The molecule has 0 aliphatic carbocycles. The predicted octanol–water partition coefficient (Wildman–Crippen LogP) is 5.35. The van der Waals surface area contributed by atoms with E-state index in [0.717, 1.165) is 55.4 Å². The Morgan fingerprint density at radius 1 is 1.22 bits per heavy atom. The SMILES string of the molecule is CCCn1c(CN2CCC(C)CC2)nc2cc(NC(=O)COc3ccccc3Cl)ccc21. The molecular formula is C25H31ClN4O2. The topological polar surface area (TPSA) is 59.4 Å². The molecule has 1 amide bonds. The average molecular weight is 455 g/mol. The van der Waals surface area contributed by atoms with Crippen molar-refractivity contribution in [2.45, 2.75) is 46.2 Å². The van der Waals surface area contributed by atoms with Crippen molar-refractivity contribution in [1.82, 2.24) is 14.5 Å². The number of halogens is 1. The molecule has 0 spiro atoms. The minimum absolute atomic E-state index is 0.106. The molecule has 3 aromatic rings. The van der Waals surface area contributed by atoms with Gasteiger partial charge in [-0.25, -0.2) is 4.98 Å². The summed E-state index contributed by atoms with van der Waals surface area (Å²) in [5, 5.41) is 3.39. The number of para-hydroxylation sites is 1. The minimum Gasteiger partial charge on any atom is -0.482 e. The maximum atomic E-state index is 12.4. The van der Waals surface area contributed by atoms with Crippen molar-refractivity contribution in [1.29, 1.82) is 0 Å². The fourth-order valence-electron chi connectivity index (χ4n) is 4.17. The Balaban J connectivity index is 1.45. The summed E-state index contributed by atoms with van der Waals surface area (Å²) in [6.07, 6.45) is 3.55. The summed E-state index contributed by atoms with van der Waals surface area (Å²) in [5.74, 6) is 2.17. The van der Waals surface area contributed by atoms with E-state index in [4.69, 9.17) is 21.3 Å². The molecule has 0 radical (unpaired) electrons. The molecule has 1 fully saturated rings. The lowest BCUT2D eigenvalue weighted by Gasteiger charge is -2.29. The van der Waals surface area contributed by atoms with E-state index in [-0.39, 0.29) is 12.5 Å². The lowest BCUT2D eigenvalue weighted by molar-refractivity contribution is -0.118. The van der Waals surface area contributed by atoms with E-state index in [1.807, 2.05) is 30.3 Å². The average Bonchev–Trinajstić information content (AvgIpc) is 3.11. The van der Waals surface area contributed by atoms with Crippen molar-refractivity contribution in [2.24, 2.45) is 5.92 Å². The van der Waals surface area contributed by atoms with Gasteiger partial charge in [0.15, 0.2) is 6.61 Å². The van der Waals surface area contributed by atoms with Gasteiger partial charge < -0.3 is 14.6 Å². The van der Waals surface area contributed by atoms with Crippen LogP contribution in [0.2, 0.25) is 5.02 Å². The van der Waals surface area contributed by atoms with Gasteiger partial charge in [-0.05, 0) is 68.6 Å². The summed E-state index contributed by atoms with van der Waals surface area (Å²) in [6.45, 7) is 8.48. The molecule has 170 valence electrons. The maximum absolute atomic E-state index is 12.4. The van der Waals surface area contributed by atoms with Crippen LogP contribution in [-0.4, -0.2) is 40.1 Å². The number of imidazole rings is 1. The number of amides is 1. The number of nitrogens with one attached hydrogen (secondary N) is 1. The summed E-state index contributed by atoms with van der Waals surface area (Å²) in [4.78, 5) is 19.8. The second-order valence-electron chi connectivity index (χ2n) is 8.61.